The standard InChI is InChI=1S/C17H17FN2O3/c1-10-5-11-6-15(22-2)12(7-16(11)23-10)8-20-17(21)13-3-4-19-9-14(13)18/h3-4,6-7,9-10H,5,8H2,1-2H3,(H,20,21)/t10-/m0/s1. The number of carbonyl (C=O) groups excluding carboxylic acids is 1. The lowest BCUT2D eigenvalue weighted by Gasteiger charge is -2.12. The van der Waals surface area contributed by atoms with Crippen LogP contribution in [0.5, 0.6) is 11.5 Å². The molecule has 0 spiro atoms. The van der Waals surface area contributed by atoms with Gasteiger partial charge in [-0.15, -0.1) is 0 Å². The lowest BCUT2D eigenvalue weighted by atomic mass is 10.1. The summed E-state index contributed by atoms with van der Waals surface area (Å²) in [5.41, 5.74) is 1.83. The summed E-state index contributed by atoms with van der Waals surface area (Å²) in [7, 11) is 1.58. The second kappa shape index (κ2) is 6.24. The number of methoxy groups -OCH3 is 1. The first-order valence-corrected chi connectivity index (χ1v) is 7.32. The molecular weight excluding hydrogens is 299 g/mol. The van der Waals surface area contributed by atoms with E-state index >= 15 is 0 Å². The Balaban J connectivity index is 1.77. The van der Waals surface area contributed by atoms with E-state index in [-0.39, 0.29) is 18.2 Å². The molecule has 23 heavy (non-hydrogen) atoms. The quantitative estimate of drug-likeness (QED) is 0.941. The third kappa shape index (κ3) is 3.11. The van der Waals surface area contributed by atoms with Crippen LogP contribution in [0.3, 0.4) is 0 Å². The Morgan fingerprint density at radius 2 is 2.35 bits per heavy atom. The average Bonchev–Trinajstić information content (AvgIpc) is 2.90. The molecule has 0 aliphatic carbocycles. The third-order valence-electron chi connectivity index (χ3n) is 3.76. The lowest BCUT2D eigenvalue weighted by molar-refractivity contribution is 0.0946. The second-order valence-electron chi connectivity index (χ2n) is 5.44. The van der Waals surface area contributed by atoms with Crippen molar-refractivity contribution in [3.63, 3.8) is 0 Å². The summed E-state index contributed by atoms with van der Waals surface area (Å²) in [6.45, 7) is 2.22. The van der Waals surface area contributed by atoms with E-state index in [0.29, 0.717) is 5.75 Å². The van der Waals surface area contributed by atoms with Gasteiger partial charge in [0.05, 0.1) is 18.9 Å². The first-order chi connectivity index (χ1) is 11.1. The van der Waals surface area contributed by atoms with Gasteiger partial charge in [0.15, 0.2) is 5.82 Å². The molecule has 1 aliphatic heterocycles. The van der Waals surface area contributed by atoms with Crippen molar-refractivity contribution in [3.8, 4) is 11.5 Å². The summed E-state index contributed by atoms with van der Waals surface area (Å²) in [5, 5.41) is 2.69. The minimum absolute atomic E-state index is 0.0370. The van der Waals surface area contributed by atoms with Crippen LogP contribution >= 0.6 is 0 Å². The van der Waals surface area contributed by atoms with Gasteiger partial charge in [0.1, 0.15) is 17.6 Å². The van der Waals surface area contributed by atoms with Crippen molar-refractivity contribution in [2.75, 3.05) is 7.11 Å². The molecule has 3 rings (SSSR count). The Kier molecular flexibility index (Phi) is 4.14. The van der Waals surface area contributed by atoms with Crippen molar-refractivity contribution in [3.05, 3.63) is 53.1 Å². The summed E-state index contributed by atoms with van der Waals surface area (Å²) in [5.74, 6) is 0.333. The number of aromatic nitrogens is 1. The van der Waals surface area contributed by atoms with Gasteiger partial charge in [-0.05, 0) is 25.1 Å². The summed E-state index contributed by atoms with van der Waals surface area (Å²) in [6.07, 6.45) is 3.36. The highest BCUT2D eigenvalue weighted by molar-refractivity contribution is 5.94. The molecule has 1 aromatic carbocycles. The second-order valence-corrected chi connectivity index (χ2v) is 5.44. The van der Waals surface area contributed by atoms with E-state index in [0.717, 1.165) is 29.5 Å². The van der Waals surface area contributed by atoms with Crippen molar-refractivity contribution in [1.29, 1.82) is 0 Å². The molecule has 5 nitrogen and oxygen atoms in total. The Hall–Kier alpha value is -2.63. The van der Waals surface area contributed by atoms with E-state index in [9.17, 15) is 9.18 Å². The largest absolute Gasteiger partial charge is 0.496 e. The van der Waals surface area contributed by atoms with Gasteiger partial charge in [0.25, 0.3) is 5.91 Å². The van der Waals surface area contributed by atoms with Gasteiger partial charge in [-0.2, -0.15) is 0 Å². The molecule has 2 heterocycles. The summed E-state index contributed by atoms with van der Waals surface area (Å²) < 4.78 is 24.7. The number of amides is 1. The van der Waals surface area contributed by atoms with Gasteiger partial charge in [-0.1, -0.05) is 0 Å². The number of rotatable bonds is 4. The summed E-state index contributed by atoms with van der Waals surface area (Å²) in [4.78, 5) is 15.7. The van der Waals surface area contributed by atoms with Crippen molar-refractivity contribution in [2.45, 2.75) is 26.0 Å². The van der Waals surface area contributed by atoms with Crippen LogP contribution in [0, 0.1) is 5.82 Å². The van der Waals surface area contributed by atoms with Crippen LogP contribution in [0.1, 0.15) is 28.4 Å². The number of halogens is 1. The highest BCUT2D eigenvalue weighted by Crippen LogP contribution is 2.34. The maximum absolute atomic E-state index is 13.6. The van der Waals surface area contributed by atoms with Crippen LogP contribution < -0.4 is 14.8 Å². The molecule has 0 saturated carbocycles. The predicted molar refractivity (Wildman–Crippen MR) is 82.2 cm³/mol. The maximum atomic E-state index is 13.6. The maximum Gasteiger partial charge on any atom is 0.254 e. The molecule has 0 fully saturated rings. The minimum atomic E-state index is -0.650. The van der Waals surface area contributed by atoms with Crippen LogP contribution in [0.2, 0.25) is 0 Å². The predicted octanol–water partition coefficient (Wildman–Crippen LogP) is 2.48. The van der Waals surface area contributed by atoms with Crippen molar-refractivity contribution >= 4 is 5.91 Å². The average molecular weight is 316 g/mol. The number of carbonyl (C=O) groups is 1. The van der Waals surface area contributed by atoms with Gasteiger partial charge in [0.2, 0.25) is 0 Å². The molecule has 6 heteroatoms. The SMILES string of the molecule is COc1cc2c(cc1CNC(=O)c1ccncc1F)O[C@@H](C)C2. The van der Waals surface area contributed by atoms with Crippen LogP contribution in [-0.4, -0.2) is 24.1 Å². The number of nitrogens with one attached hydrogen (secondary N) is 1. The number of nitrogens with zero attached hydrogens (tertiary/aromatic N) is 1. The van der Waals surface area contributed by atoms with E-state index in [1.165, 1.54) is 12.3 Å². The van der Waals surface area contributed by atoms with E-state index in [2.05, 4.69) is 10.3 Å². The molecule has 1 atom stereocenters. The minimum Gasteiger partial charge on any atom is -0.496 e. The molecule has 0 radical (unpaired) electrons. The van der Waals surface area contributed by atoms with Crippen LogP contribution in [-0.2, 0) is 13.0 Å². The highest BCUT2D eigenvalue weighted by Gasteiger charge is 2.22. The zero-order valence-corrected chi connectivity index (χ0v) is 12.9. The number of hydrogen-bond donors (Lipinski definition) is 1. The van der Waals surface area contributed by atoms with Crippen LogP contribution in [0.15, 0.2) is 30.6 Å². The first kappa shape index (κ1) is 15.3. The molecule has 2 aromatic rings. The van der Waals surface area contributed by atoms with Crippen molar-refractivity contribution < 1.29 is 18.7 Å². The molecule has 0 saturated heterocycles. The van der Waals surface area contributed by atoms with Crippen LogP contribution in [0.25, 0.3) is 0 Å². The number of hydrogen-bond acceptors (Lipinski definition) is 4. The Morgan fingerprint density at radius 1 is 1.52 bits per heavy atom. The Labute approximate surface area is 133 Å². The van der Waals surface area contributed by atoms with Gasteiger partial charge >= 0.3 is 0 Å². The molecule has 1 amide bonds. The fourth-order valence-electron chi connectivity index (χ4n) is 2.64. The molecule has 0 bridgehead atoms. The van der Waals surface area contributed by atoms with Gasteiger partial charge in [-0.3, -0.25) is 9.78 Å². The Bertz CT molecular complexity index is 749. The number of pyridine rings is 1. The molecule has 1 aliphatic rings. The van der Waals surface area contributed by atoms with Crippen molar-refractivity contribution in [2.24, 2.45) is 0 Å². The first-order valence-electron chi connectivity index (χ1n) is 7.32. The monoisotopic (exact) mass is 316 g/mol. The molecular formula is C17H17FN2O3. The fourth-order valence-corrected chi connectivity index (χ4v) is 2.64. The van der Waals surface area contributed by atoms with E-state index < -0.39 is 11.7 Å². The number of fused-ring (bicyclic) bond motifs is 1. The van der Waals surface area contributed by atoms with Crippen LogP contribution in [0.4, 0.5) is 4.39 Å². The number of ether oxygens (including phenoxy) is 2. The Morgan fingerprint density at radius 3 is 3.09 bits per heavy atom. The number of benzene rings is 1. The van der Waals surface area contributed by atoms with Gasteiger partial charge in [-0.25, -0.2) is 4.39 Å². The molecule has 1 N–H and O–H groups in total. The highest BCUT2D eigenvalue weighted by atomic mass is 19.1. The van der Waals surface area contributed by atoms with E-state index in [4.69, 9.17) is 9.47 Å². The summed E-state index contributed by atoms with van der Waals surface area (Å²) in [6, 6.07) is 5.13. The van der Waals surface area contributed by atoms with Crippen molar-refractivity contribution in [1.82, 2.24) is 10.3 Å². The molecule has 120 valence electrons. The fraction of sp³-hybridized carbons (Fsp3) is 0.294. The van der Waals surface area contributed by atoms with Gasteiger partial charge < -0.3 is 14.8 Å². The third-order valence-corrected chi connectivity index (χ3v) is 3.76. The topological polar surface area (TPSA) is 60.5 Å². The zero-order chi connectivity index (χ0) is 16.4. The molecule has 0 unspecified atom stereocenters. The van der Waals surface area contributed by atoms with E-state index in [1.807, 2.05) is 19.1 Å². The summed E-state index contributed by atoms with van der Waals surface area (Å²) >= 11 is 0. The lowest BCUT2D eigenvalue weighted by Crippen LogP contribution is -2.24. The smallest absolute Gasteiger partial charge is 0.254 e. The van der Waals surface area contributed by atoms with E-state index in [1.54, 1.807) is 7.11 Å². The zero-order valence-electron chi connectivity index (χ0n) is 12.9. The normalized spacial score (nSPS) is 15.7. The molecule has 1 aromatic heterocycles. The van der Waals surface area contributed by atoms with Gasteiger partial charge in [0, 0.05) is 30.3 Å².